The zero-order chi connectivity index (χ0) is 20.1. The van der Waals surface area contributed by atoms with E-state index in [2.05, 4.69) is 10.3 Å². The molecule has 3 aliphatic heterocycles. The van der Waals surface area contributed by atoms with Crippen molar-refractivity contribution >= 4 is 23.6 Å². The van der Waals surface area contributed by atoms with E-state index in [0.717, 1.165) is 22.9 Å². The molecule has 2 atom stereocenters. The van der Waals surface area contributed by atoms with Crippen molar-refractivity contribution in [2.24, 2.45) is 4.99 Å². The van der Waals surface area contributed by atoms with E-state index in [1.165, 1.54) is 4.90 Å². The molecule has 1 N–H and O–H groups in total. The highest BCUT2D eigenvalue weighted by molar-refractivity contribution is 6.09. The highest BCUT2D eigenvalue weighted by Crippen LogP contribution is 2.35. The number of hydrogen-bond donors (Lipinski definition) is 1. The number of carbonyl (C=O) groups is 2. The number of hydrogen-bond acceptors (Lipinski definition) is 6. The van der Waals surface area contributed by atoms with Crippen LogP contribution in [0.5, 0.6) is 11.5 Å². The maximum Gasteiger partial charge on any atom is 0.325 e. The third kappa shape index (κ3) is 2.72. The molecule has 0 saturated carbocycles. The minimum atomic E-state index is -0.562. The fourth-order valence-corrected chi connectivity index (χ4v) is 3.81. The molecule has 0 radical (unpaired) electrons. The molecule has 2 aromatic carbocycles. The van der Waals surface area contributed by atoms with Gasteiger partial charge in [0.1, 0.15) is 11.5 Å². The van der Waals surface area contributed by atoms with Crippen LogP contribution in [0.25, 0.3) is 0 Å². The molecule has 146 valence electrons. The third-order valence-electron chi connectivity index (χ3n) is 5.23. The van der Waals surface area contributed by atoms with Crippen molar-refractivity contribution in [3.8, 4) is 11.5 Å². The van der Waals surface area contributed by atoms with Gasteiger partial charge in [-0.1, -0.05) is 18.2 Å². The van der Waals surface area contributed by atoms with Gasteiger partial charge in [0.25, 0.3) is 5.91 Å². The van der Waals surface area contributed by atoms with Gasteiger partial charge in [-0.2, -0.15) is 0 Å². The van der Waals surface area contributed by atoms with Gasteiger partial charge in [-0.15, -0.1) is 0 Å². The number of benzene rings is 2. The number of imide groups is 1. The van der Waals surface area contributed by atoms with Gasteiger partial charge in [-0.05, 0) is 43.3 Å². The van der Waals surface area contributed by atoms with E-state index >= 15 is 0 Å². The van der Waals surface area contributed by atoms with E-state index in [9.17, 15) is 9.59 Å². The number of amides is 3. The summed E-state index contributed by atoms with van der Waals surface area (Å²) in [5, 5.41) is 2.38. The normalized spacial score (nSPS) is 22.8. The molecule has 2 aromatic rings. The van der Waals surface area contributed by atoms with Crippen molar-refractivity contribution in [2.45, 2.75) is 19.1 Å². The van der Waals surface area contributed by atoms with Crippen LogP contribution in [0.2, 0.25) is 0 Å². The van der Waals surface area contributed by atoms with Crippen LogP contribution in [0.15, 0.2) is 71.5 Å². The van der Waals surface area contributed by atoms with Gasteiger partial charge in [0.05, 0.1) is 0 Å². The van der Waals surface area contributed by atoms with Crippen LogP contribution in [-0.4, -0.2) is 47.0 Å². The number of allylic oxidation sites excluding steroid dienone is 1. The lowest BCUT2D eigenvalue weighted by Gasteiger charge is -2.34. The first-order valence-corrected chi connectivity index (χ1v) is 9.28. The summed E-state index contributed by atoms with van der Waals surface area (Å²) in [4.78, 5) is 34.3. The Labute approximate surface area is 167 Å². The maximum absolute atomic E-state index is 12.4. The minimum Gasteiger partial charge on any atom is -0.457 e. The molecule has 8 nitrogen and oxygen atoms in total. The van der Waals surface area contributed by atoms with Gasteiger partial charge in [0.15, 0.2) is 12.2 Å². The highest BCUT2D eigenvalue weighted by Gasteiger charge is 2.51. The van der Waals surface area contributed by atoms with Crippen LogP contribution in [0.4, 0.5) is 10.5 Å². The molecular formula is C21H19N5O3. The SMILES string of the molecule is CC1=CN2C(=NC3C2C(=O)NC(=O)N3C)N1c1ccc(Oc2ccccc2)cc1. The molecule has 1 saturated heterocycles. The Hall–Kier alpha value is -3.81. The largest absolute Gasteiger partial charge is 0.457 e. The van der Waals surface area contributed by atoms with E-state index in [-0.39, 0.29) is 5.91 Å². The number of ether oxygens (including phenoxy) is 1. The van der Waals surface area contributed by atoms with Gasteiger partial charge in [0, 0.05) is 24.6 Å². The van der Waals surface area contributed by atoms with Crippen molar-refractivity contribution in [1.82, 2.24) is 15.1 Å². The summed E-state index contributed by atoms with van der Waals surface area (Å²) in [5.74, 6) is 1.79. The smallest absolute Gasteiger partial charge is 0.325 e. The number of guanidine groups is 1. The fraction of sp³-hybridized carbons (Fsp3) is 0.190. The van der Waals surface area contributed by atoms with Gasteiger partial charge >= 0.3 is 6.03 Å². The number of rotatable bonds is 3. The minimum absolute atomic E-state index is 0.339. The third-order valence-corrected chi connectivity index (χ3v) is 5.23. The van der Waals surface area contributed by atoms with Crippen molar-refractivity contribution in [2.75, 3.05) is 11.9 Å². The molecule has 5 rings (SSSR count). The first kappa shape index (κ1) is 17.3. The Kier molecular flexibility index (Phi) is 3.80. The summed E-state index contributed by atoms with van der Waals surface area (Å²) in [7, 11) is 1.64. The average Bonchev–Trinajstić information content (AvgIpc) is 3.23. The van der Waals surface area contributed by atoms with Crippen molar-refractivity contribution in [3.05, 3.63) is 66.5 Å². The van der Waals surface area contributed by atoms with E-state index in [4.69, 9.17) is 4.74 Å². The van der Waals surface area contributed by atoms with Crippen molar-refractivity contribution in [1.29, 1.82) is 0 Å². The molecule has 0 aromatic heterocycles. The van der Waals surface area contributed by atoms with E-state index in [1.807, 2.05) is 77.5 Å². The predicted octanol–water partition coefficient (Wildman–Crippen LogP) is 2.71. The van der Waals surface area contributed by atoms with Crippen LogP contribution < -0.4 is 15.0 Å². The summed E-state index contributed by atoms with van der Waals surface area (Å²) in [5.41, 5.74) is 1.83. The lowest BCUT2D eigenvalue weighted by Crippen LogP contribution is -2.62. The quantitative estimate of drug-likeness (QED) is 0.873. The van der Waals surface area contributed by atoms with E-state index in [1.54, 1.807) is 7.05 Å². The number of fused-ring (bicyclic) bond motifs is 3. The molecule has 8 heteroatoms. The first-order chi connectivity index (χ1) is 14.0. The molecule has 0 spiro atoms. The lowest BCUT2D eigenvalue weighted by molar-refractivity contribution is -0.126. The van der Waals surface area contributed by atoms with Gasteiger partial charge in [-0.25, -0.2) is 9.79 Å². The van der Waals surface area contributed by atoms with Crippen LogP contribution in [0, 0.1) is 0 Å². The number of urea groups is 1. The Morgan fingerprint density at radius 2 is 1.69 bits per heavy atom. The second-order valence-electron chi connectivity index (χ2n) is 7.12. The molecule has 3 aliphatic rings. The zero-order valence-electron chi connectivity index (χ0n) is 15.9. The van der Waals surface area contributed by atoms with Crippen LogP contribution >= 0.6 is 0 Å². The van der Waals surface area contributed by atoms with Gasteiger partial charge in [0.2, 0.25) is 5.96 Å². The van der Waals surface area contributed by atoms with E-state index < -0.39 is 18.2 Å². The van der Waals surface area contributed by atoms with E-state index in [0.29, 0.717) is 5.96 Å². The molecule has 2 unspecified atom stereocenters. The molecular weight excluding hydrogens is 370 g/mol. The monoisotopic (exact) mass is 389 g/mol. The Balaban J connectivity index is 1.42. The number of likely N-dealkylation sites (N-methyl/N-ethyl adjacent to an activating group) is 1. The molecule has 3 heterocycles. The number of aliphatic imine (C=N–C) groups is 1. The number of para-hydroxylation sites is 1. The Bertz CT molecular complexity index is 1050. The molecule has 0 bridgehead atoms. The fourth-order valence-electron chi connectivity index (χ4n) is 3.81. The summed E-state index contributed by atoms with van der Waals surface area (Å²) in [6.45, 7) is 1.96. The second kappa shape index (κ2) is 6.37. The molecule has 3 amide bonds. The number of carbonyl (C=O) groups excluding carboxylic acids is 2. The van der Waals surface area contributed by atoms with Gasteiger partial charge < -0.3 is 14.5 Å². The molecule has 29 heavy (non-hydrogen) atoms. The Morgan fingerprint density at radius 1 is 1.00 bits per heavy atom. The summed E-state index contributed by atoms with van der Waals surface area (Å²) >= 11 is 0. The maximum atomic E-state index is 12.4. The predicted molar refractivity (Wildman–Crippen MR) is 107 cm³/mol. The van der Waals surface area contributed by atoms with Crippen LogP contribution in [-0.2, 0) is 4.79 Å². The average molecular weight is 389 g/mol. The van der Waals surface area contributed by atoms with Crippen LogP contribution in [0.3, 0.4) is 0 Å². The number of anilines is 1. The highest BCUT2D eigenvalue weighted by atomic mass is 16.5. The summed E-state index contributed by atoms with van der Waals surface area (Å²) in [6, 6.07) is 16.3. The summed E-state index contributed by atoms with van der Waals surface area (Å²) < 4.78 is 5.86. The Morgan fingerprint density at radius 3 is 2.41 bits per heavy atom. The molecule has 1 fully saturated rings. The number of nitrogens with zero attached hydrogens (tertiary/aromatic N) is 4. The number of nitrogens with one attached hydrogen (secondary N) is 1. The van der Waals surface area contributed by atoms with Crippen molar-refractivity contribution < 1.29 is 14.3 Å². The van der Waals surface area contributed by atoms with Crippen molar-refractivity contribution in [3.63, 3.8) is 0 Å². The summed E-state index contributed by atoms with van der Waals surface area (Å²) in [6.07, 6.45) is 1.35. The van der Waals surface area contributed by atoms with Crippen LogP contribution in [0.1, 0.15) is 6.92 Å². The standard InChI is InChI=1S/C21H19N5O3/c1-13-12-25-17-18(24(2)21(28)23-19(17)27)22-20(25)26(13)14-8-10-16(11-9-14)29-15-6-4-3-5-7-15/h3-12,17-18H,1-2H3,(H,23,27,28). The van der Waals surface area contributed by atoms with Gasteiger partial charge in [-0.3, -0.25) is 15.0 Å². The lowest BCUT2D eigenvalue weighted by atomic mass is 10.1. The first-order valence-electron chi connectivity index (χ1n) is 9.28. The second-order valence-corrected chi connectivity index (χ2v) is 7.12. The topological polar surface area (TPSA) is 77.5 Å². The zero-order valence-corrected chi connectivity index (χ0v) is 15.9. The molecule has 0 aliphatic carbocycles.